The van der Waals surface area contributed by atoms with E-state index in [0.717, 1.165) is 15.4 Å². The molecule has 196 valence electrons. The van der Waals surface area contributed by atoms with Gasteiger partial charge in [-0.05, 0) is 49.2 Å². The second-order valence-corrected chi connectivity index (χ2v) is 11.2. The Labute approximate surface area is 228 Å². The Morgan fingerprint density at radius 3 is 2.08 bits per heavy atom. The summed E-state index contributed by atoms with van der Waals surface area (Å²) in [5.74, 6) is -0.891. The van der Waals surface area contributed by atoms with E-state index in [0.29, 0.717) is 6.42 Å². The minimum atomic E-state index is -4.18. The van der Waals surface area contributed by atoms with Crippen LogP contribution in [0, 0.1) is 6.92 Å². The van der Waals surface area contributed by atoms with Gasteiger partial charge in [0.1, 0.15) is 12.6 Å². The fourth-order valence-corrected chi connectivity index (χ4v) is 5.84. The molecule has 0 unspecified atom stereocenters. The second-order valence-electron chi connectivity index (χ2n) is 8.50. The minimum Gasteiger partial charge on any atom is -0.357 e. The molecule has 3 rings (SSSR count). The zero-order valence-corrected chi connectivity index (χ0v) is 23.1. The predicted molar refractivity (Wildman–Crippen MR) is 147 cm³/mol. The van der Waals surface area contributed by atoms with Crippen LogP contribution < -0.4 is 9.62 Å². The Bertz CT molecular complexity index is 1330. The largest absolute Gasteiger partial charge is 0.357 e. The highest BCUT2D eigenvalue weighted by Gasteiger charge is 2.33. The molecule has 0 aromatic heterocycles. The summed E-state index contributed by atoms with van der Waals surface area (Å²) in [5, 5.41) is 3.04. The van der Waals surface area contributed by atoms with Crippen molar-refractivity contribution in [2.45, 2.75) is 37.8 Å². The Balaban J connectivity index is 2.07. The molecule has 0 aliphatic heterocycles. The van der Waals surface area contributed by atoms with E-state index in [2.05, 4.69) is 5.32 Å². The molecule has 7 nitrogen and oxygen atoms in total. The lowest BCUT2D eigenvalue weighted by Gasteiger charge is -2.33. The van der Waals surface area contributed by atoms with Gasteiger partial charge in [0.15, 0.2) is 0 Å². The summed E-state index contributed by atoms with van der Waals surface area (Å²) in [4.78, 5) is 28.0. The Morgan fingerprint density at radius 2 is 1.54 bits per heavy atom. The fourth-order valence-electron chi connectivity index (χ4n) is 3.91. The topological polar surface area (TPSA) is 86.8 Å². The number of carbonyl (C=O) groups is 2. The standard InChI is InChI=1S/C27H29Cl2N3O4S/c1-4-25(27(34)30-3)31(17-20-12-10-19(2)11-13-20)26(33)18-32(23-15-21(28)14-22(29)16-23)37(35,36)24-8-6-5-7-9-24/h5-16,25H,4,17-18H2,1-3H3,(H,30,34)/t25-/m1/s1. The molecule has 37 heavy (non-hydrogen) atoms. The third-order valence-corrected chi connectivity index (χ3v) is 8.08. The molecule has 0 aliphatic rings. The maximum absolute atomic E-state index is 13.8. The predicted octanol–water partition coefficient (Wildman–Crippen LogP) is 5.05. The number of benzene rings is 3. The van der Waals surface area contributed by atoms with Gasteiger partial charge in [0, 0.05) is 23.6 Å². The summed E-state index contributed by atoms with van der Waals surface area (Å²) < 4.78 is 28.4. The summed E-state index contributed by atoms with van der Waals surface area (Å²) in [6, 6.07) is 18.9. The normalized spacial score (nSPS) is 12.0. The highest BCUT2D eigenvalue weighted by Crippen LogP contribution is 2.30. The first-order valence-electron chi connectivity index (χ1n) is 11.7. The van der Waals surface area contributed by atoms with Crippen LogP contribution in [-0.2, 0) is 26.2 Å². The quantitative estimate of drug-likeness (QED) is 0.375. The van der Waals surface area contributed by atoms with E-state index in [9.17, 15) is 18.0 Å². The number of amides is 2. The molecule has 0 bridgehead atoms. The van der Waals surface area contributed by atoms with Crippen LogP contribution in [0.4, 0.5) is 5.69 Å². The van der Waals surface area contributed by atoms with Gasteiger partial charge in [-0.25, -0.2) is 8.42 Å². The molecule has 0 saturated heterocycles. The fraction of sp³-hybridized carbons (Fsp3) is 0.259. The number of rotatable bonds is 10. The van der Waals surface area contributed by atoms with Crippen molar-refractivity contribution in [2.75, 3.05) is 17.9 Å². The summed E-state index contributed by atoms with van der Waals surface area (Å²) in [6.07, 6.45) is 0.339. The first-order valence-corrected chi connectivity index (χ1v) is 13.9. The van der Waals surface area contributed by atoms with Gasteiger partial charge < -0.3 is 10.2 Å². The van der Waals surface area contributed by atoms with Gasteiger partial charge in [-0.1, -0.05) is 78.2 Å². The Morgan fingerprint density at radius 1 is 0.946 bits per heavy atom. The van der Waals surface area contributed by atoms with Gasteiger partial charge in [-0.3, -0.25) is 13.9 Å². The molecule has 0 radical (unpaired) electrons. The second kappa shape index (κ2) is 12.4. The SMILES string of the molecule is CC[C@H](C(=O)NC)N(Cc1ccc(C)cc1)C(=O)CN(c1cc(Cl)cc(Cl)c1)S(=O)(=O)c1ccccc1. The van der Waals surface area contributed by atoms with E-state index < -0.39 is 28.5 Å². The number of hydrogen-bond donors (Lipinski definition) is 1. The van der Waals surface area contributed by atoms with Crippen molar-refractivity contribution in [1.82, 2.24) is 10.2 Å². The number of likely N-dealkylation sites (N-methyl/N-ethyl adjacent to an activating group) is 1. The van der Waals surface area contributed by atoms with Gasteiger partial charge in [0.2, 0.25) is 11.8 Å². The van der Waals surface area contributed by atoms with E-state index >= 15 is 0 Å². The third kappa shape index (κ3) is 7.03. The molecule has 0 heterocycles. The molecule has 3 aromatic rings. The molecular weight excluding hydrogens is 533 g/mol. The number of halogens is 2. The van der Waals surface area contributed by atoms with Gasteiger partial charge >= 0.3 is 0 Å². The minimum absolute atomic E-state index is 0.00215. The molecule has 0 fully saturated rings. The van der Waals surface area contributed by atoms with E-state index in [4.69, 9.17) is 23.2 Å². The van der Waals surface area contributed by atoms with Crippen LogP contribution >= 0.6 is 23.2 Å². The van der Waals surface area contributed by atoms with E-state index in [1.165, 1.54) is 42.3 Å². The van der Waals surface area contributed by atoms with Crippen molar-refractivity contribution in [2.24, 2.45) is 0 Å². The van der Waals surface area contributed by atoms with Crippen molar-refractivity contribution in [3.63, 3.8) is 0 Å². The average Bonchev–Trinajstić information content (AvgIpc) is 2.87. The van der Waals surface area contributed by atoms with Gasteiger partial charge in [0.05, 0.1) is 10.6 Å². The van der Waals surface area contributed by atoms with Gasteiger partial charge in [0.25, 0.3) is 10.0 Å². The van der Waals surface area contributed by atoms with E-state index in [1.807, 2.05) is 31.2 Å². The number of anilines is 1. The maximum atomic E-state index is 13.8. The number of carbonyl (C=O) groups excluding carboxylic acids is 2. The molecule has 0 saturated carbocycles. The molecule has 1 N–H and O–H groups in total. The summed E-state index contributed by atoms with van der Waals surface area (Å²) in [6.45, 7) is 3.31. The van der Waals surface area contributed by atoms with Gasteiger partial charge in [-0.15, -0.1) is 0 Å². The van der Waals surface area contributed by atoms with Crippen LogP contribution in [0.1, 0.15) is 24.5 Å². The lowest BCUT2D eigenvalue weighted by Crippen LogP contribution is -2.51. The number of hydrogen-bond acceptors (Lipinski definition) is 4. The lowest BCUT2D eigenvalue weighted by molar-refractivity contribution is -0.140. The highest BCUT2D eigenvalue weighted by atomic mass is 35.5. The van der Waals surface area contributed by atoms with Crippen molar-refractivity contribution >= 4 is 50.7 Å². The summed E-state index contributed by atoms with van der Waals surface area (Å²) in [5.41, 5.74) is 2.00. The van der Waals surface area contributed by atoms with Crippen molar-refractivity contribution < 1.29 is 18.0 Å². The monoisotopic (exact) mass is 561 g/mol. The first kappa shape index (κ1) is 28.5. The highest BCUT2D eigenvalue weighted by molar-refractivity contribution is 7.92. The third-order valence-electron chi connectivity index (χ3n) is 5.85. The number of nitrogens with zero attached hydrogens (tertiary/aromatic N) is 2. The van der Waals surface area contributed by atoms with Crippen LogP contribution in [0.2, 0.25) is 10.0 Å². The Kier molecular flexibility index (Phi) is 9.59. The van der Waals surface area contributed by atoms with Crippen LogP contribution in [0.25, 0.3) is 0 Å². The smallest absolute Gasteiger partial charge is 0.264 e. The first-order chi connectivity index (χ1) is 17.6. The van der Waals surface area contributed by atoms with E-state index in [-0.39, 0.29) is 33.1 Å². The van der Waals surface area contributed by atoms with Gasteiger partial charge in [-0.2, -0.15) is 0 Å². The number of aryl methyl sites for hydroxylation is 1. The molecule has 1 atom stereocenters. The average molecular weight is 563 g/mol. The molecular formula is C27H29Cl2N3O4S. The molecule has 10 heteroatoms. The van der Waals surface area contributed by atoms with Crippen LogP contribution in [0.15, 0.2) is 77.7 Å². The lowest BCUT2D eigenvalue weighted by atomic mass is 10.1. The van der Waals surface area contributed by atoms with Crippen molar-refractivity contribution in [3.8, 4) is 0 Å². The molecule has 0 aliphatic carbocycles. The summed E-state index contributed by atoms with van der Waals surface area (Å²) in [7, 11) is -2.69. The van der Waals surface area contributed by atoms with E-state index in [1.54, 1.807) is 25.1 Å². The summed E-state index contributed by atoms with van der Waals surface area (Å²) >= 11 is 12.4. The molecule has 0 spiro atoms. The van der Waals surface area contributed by atoms with Crippen LogP contribution in [0.5, 0.6) is 0 Å². The van der Waals surface area contributed by atoms with Crippen LogP contribution in [0.3, 0.4) is 0 Å². The zero-order valence-electron chi connectivity index (χ0n) is 20.8. The number of sulfonamides is 1. The molecule has 2 amide bonds. The number of nitrogens with one attached hydrogen (secondary N) is 1. The maximum Gasteiger partial charge on any atom is 0.264 e. The zero-order chi connectivity index (χ0) is 27.2. The Hall–Kier alpha value is -3.07. The molecule has 3 aromatic carbocycles. The van der Waals surface area contributed by atoms with Crippen molar-refractivity contribution in [3.05, 3.63) is 94.0 Å². The van der Waals surface area contributed by atoms with Crippen LogP contribution in [-0.4, -0.2) is 44.8 Å². The van der Waals surface area contributed by atoms with Crippen molar-refractivity contribution in [1.29, 1.82) is 0 Å².